The predicted octanol–water partition coefficient (Wildman–Crippen LogP) is 5.25. The van der Waals surface area contributed by atoms with Crippen molar-refractivity contribution in [2.24, 2.45) is 0 Å². The Morgan fingerprint density at radius 3 is 2.43 bits per heavy atom. The first kappa shape index (κ1) is 16.1. The van der Waals surface area contributed by atoms with Gasteiger partial charge in [-0.2, -0.15) is 0 Å². The molecule has 0 saturated carbocycles. The minimum Gasteiger partial charge on any atom is -0.323 e. The highest BCUT2D eigenvalue weighted by Crippen LogP contribution is 2.26. The molecule has 1 N–H and O–H groups in total. The number of rotatable bonds is 4. The van der Waals surface area contributed by atoms with E-state index < -0.39 is 5.82 Å². The Kier molecular flexibility index (Phi) is 5.51. The number of anilines is 1. The molecule has 1 unspecified atom stereocenters. The summed E-state index contributed by atoms with van der Waals surface area (Å²) in [4.78, 5) is 13.0. The zero-order valence-electron chi connectivity index (χ0n) is 11.1. The Balaban J connectivity index is 2.02. The van der Waals surface area contributed by atoms with Crippen molar-refractivity contribution in [3.63, 3.8) is 0 Å². The molecule has 6 heteroatoms. The van der Waals surface area contributed by atoms with Gasteiger partial charge in [-0.15, -0.1) is 11.8 Å². The van der Waals surface area contributed by atoms with Gasteiger partial charge in [-0.3, -0.25) is 4.79 Å². The van der Waals surface area contributed by atoms with E-state index in [9.17, 15) is 9.18 Å². The third-order valence-electron chi connectivity index (χ3n) is 2.68. The Labute approximate surface area is 136 Å². The third-order valence-corrected chi connectivity index (χ3v) is 4.28. The lowest BCUT2D eigenvalue weighted by Crippen LogP contribution is -2.22. The molecule has 2 aromatic carbocycles. The average molecular weight is 344 g/mol. The Bertz CT molecular complexity index is 649. The second kappa shape index (κ2) is 7.16. The maximum absolute atomic E-state index is 13.6. The number of carbonyl (C=O) groups excluding carboxylic acids is 1. The quantitative estimate of drug-likeness (QED) is 0.768. The number of thioether (sulfide) groups is 1. The Morgan fingerprint density at radius 2 is 1.76 bits per heavy atom. The van der Waals surface area contributed by atoms with Crippen LogP contribution in [0.1, 0.15) is 6.92 Å². The molecule has 0 aliphatic heterocycles. The molecular weight excluding hydrogens is 332 g/mol. The summed E-state index contributed by atoms with van der Waals surface area (Å²) < 4.78 is 13.6. The summed E-state index contributed by atoms with van der Waals surface area (Å²) in [7, 11) is 0. The minimum atomic E-state index is -0.517. The van der Waals surface area contributed by atoms with Crippen LogP contribution in [0.15, 0.2) is 47.4 Å². The number of hydrogen-bond donors (Lipinski definition) is 1. The third kappa shape index (κ3) is 4.63. The van der Waals surface area contributed by atoms with Gasteiger partial charge in [0.2, 0.25) is 5.91 Å². The van der Waals surface area contributed by atoms with Crippen molar-refractivity contribution in [1.29, 1.82) is 0 Å². The fourth-order valence-corrected chi connectivity index (χ4v) is 2.76. The molecule has 21 heavy (non-hydrogen) atoms. The SMILES string of the molecule is CC(Sc1ccc(Cl)cc1)C(=O)Nc1cc(Cl)ccc1F. The molecule has 0 aliphatic carbocycles. The molecule has 2 aromatic rings. The molecule has 0 heterocycles. The molecule has 0 bridgehead atoms. The van der Waals surface area contributed by atoms with E-state index in [1.54, 1.807) is 19.1 Å². The standard InChI is InChI=1S/C15H12Cl2FNOS/c1-9(21-12-5-2-10(16)3-6-12)15(20)19-14-8-11(17)4-7-13(14)18/h2-9H,1H3,(H,19,20). The van der Waals surface area contributed by atoms with Gasteiger partial charge in [0.1, 0.15) is 5.82 Å². The molecule has 2 rings (SSSR count). The zero-order chi connectivity index (χ0) is 15.4. The summed E-state index contributed by atoms with van der Waals surface area (Å²) in [6.45, 7) is 1.75. The summed E-state index contributed by atoms with van der Waals surface area (Å²) in [5.74, 6) is -0.812. The molecule has 0 radical (unpaired) electrons. The van der Waals surface area contributed by atoms with Crippen molar-refractivity contribution < 1.29 is 9.18 Å². The lowest BCUT2D eigenvalue weighted by Gasteiger charge is -2.12. The Hall–Kier alpha value is -1.23. The van der Waals surface area contributed by atoms with Crippen LogP contribution in [0, 0.1) is 5.82 Å². The lowest BCUT2D eigenvalue weighted by atomic mass is 10.3. The van der Waals surface area contributed by atoms with Crippen LogP contribution in [0.25, 0.3) is 0 Å². The fourth-order valence-electron chi connectivity index (χ4n) is 1.60. The number of benzene rings is 2. The van der Waals surface area contributed by atoms with E-state index in [1.807, 2.05) is 12.1 Å². The van der Waals surface area contributed by atoms with Crippen molar-refractivity contribution in [1.82, 2.24) is 0 Å². The average Bonchev–Trinajstić information content (AvgIpc) is 2.45. The highest BCUT2D eigenvalue weighted by Gasteiger charge is 2.16. The molecule has 0 saturated heterocycles. The number of amides is 1. The van der Waals surface area contributed by atoms with Crippen molar-refractivity contribution in [3.8, 4) is 0 Å². The van der Waals surface area contributed by atoms with Crippen LogP contribution in [0.5, 0.6) is 0 Å². The zero-order valence-corrected chi connectivity index (χ0v) is 13.4. The first-order valence-corrected chi connectivity index (χ1v) is 7.77. The smallest absolute Gasteiger partial charge is 0.237 e. The van der Waals surface area contributed by atoms with Gasteiger partial charge in [0.05, 0.1) is 10.9 Å². The fraction of sp³-hybridized carbons (Fsp3) is 0.133. The Morgan fingerprint density at radius 1 is 1.14 bits per heavy atom. The molecule has 1 amide bonds. The maximum Gasteiger partial charge on any atom is 0.237 e. The first-order chi connectivity index (χ1) is 9.95. The number of hydrogen-bond acceptors (Lipinski definition) is 2. The monoisotopic (exact) mass is 343 g/mol. The molecule has 110 valence electrons. The number of halogens is 3. The minimum absolute atomic E-state index is 0.0797. The van der Waals surface area contributed by atoms with E-state index in [4.69, 9.17) is 23.2 Å². The van der Waals surface area contributed by atoms with Crippen molar-refractivity contribution in [3.05, 3.63) is 58.3 Å². The summed E-state index contributed by atoms with van der Waals surface area (Å²) >= 11 is 13.0. The molecule has 0 aliphatic rings. The van der Waals surface area contributed by atoms with Crippen LogP contribution < -0.4 is 5.32 Å². The number of carbonyl (C=O) groups is 1. The van der Waals surface area contributed by atoms with Crippen LogP contribution in [0.4, 0.5) is 10.1 Å². The molecular formula is C15H12Cl2FNOS. The van der Waals surface area contributed by atoms with Crippen molar-refractivity contribution in [2.45, 2.75) is 17.1 Å². The van der Waals surface area contributed by atoms with E-state index in [-0.39, 0.29) is 16.8 Å². The summed E-state index contributed by atoms with van der Waals surface area (Å²) in [5.41, 5.74) is 0.0797. The molecule has 2 nitrogen and oxygen atoms in total. The maximum atomic E-state index is 13.6. The van der Waals surface area contributed by atoms with E-state index in [1.165, 1.54) is 30.0 Å². The van der Waals surface area contributed by atoms with E-state index in [0.717, 1.165) is 4.90 Å². The van der Waals surface area contributed by atoms with Gasteiger partial charge < -0.3 is 5.32 Å². The van der Waals surface area contributed by atoms with Crippen LogP contribution in [-0.2, 0) is 4.79 Å². The number of nitrogens with one attached hydrogen (secondary N) is 1. The second-order valence-electron chi connectivity index (χ2n) is 4.33. The normalized spacial score (nSPS) is 12.0. The van der Waals surface area contributed by atoms with Crippen LogP contribution in [0.2, 0.25) is 10.0 Å². The summed E-state index contributed by atoms with van der Waals surface area (Å²) in [6.07, 6.45) is 0. The van der Waals surface area contributed by atoms with E-state index in [2.05, 4.69) is 5.32 Å². The van der Waals surface area contributed by atoms with Gasteiger partial charge in [-0.25, -0.2) is 4.39 Å². The highest BCUT2D eigenvalue weighted by atomic mass is 35.5. The second-order valence-corrected chi connectivity index (χ2v) is 6.61. The molecule has 1 atom stereocenters. The van der Waals surface area contributed by atoms with E-state index in [0.29, 0.717) is 10.0 Å². The molecule has 0 fully saturated rings. The van der Waals surface area contributed by atoms with Gasteiger partial charge in [0.25, 0.3) is 0 Å². The van der Waals surface area contributed by atoms with Gasteiger partial charge in [0.15, 0.2) is 0 Å². The highest BCUT2D eigenvalue weighted by molar-refractivity contribution is 8.00. The largest absolute Gasteiger partial charge is 0.323 e. The predicted molar refractivity (Wildman–Crippen MR) is 86.8 cm³/mol. The topological polar surface area (TPSA) is 29.1 Å². The van der Waals surface area contributed by atoms with E-state index >= 15 is 0 Å². The van der Waals surface area contributed by atoms with Crippen molar-refractivity contribution in [2.75, 3.05) is 5.32 Å². The summed E-state index contributed by atoms with van der Waals surface area (Å²) in [5, 5.41) is 3.15. The van der Waals surface area contributed by atoms with Crippen LogP contribution in [0.3, 0.4) is 0 Å². The van der Waals surface area contributed by atoms with Crippen LogP contribution in [-0.4, -0.2) is 11.2 Å². The molecule has 0 aromatic heterocycles. The lowest BCUT2D eigenvalue weighted by molar-refractivity contribution is -0.115. The van der Waals surface area contributed by atoms with Gasteiger partial charge >= 0.3 is 0 Å². The van der Waals surface area contributed by atoms with Crippen molar-refractivity contribution >= 4 is 46.6 Å². The van der Waals surface area contributed by atoms with Gasteiger partial charge in [0, 0.05) is 14.9 Å². The summed E-state index contributed by atoms with van der Waals surface area (Å²) in [6, 6.07) is 11.2. The van der Waals surface area contributed by atoms with Gasteiger partial charge in [-0.1, -0.05) is 23.2 Å². The molecule has 0 spiro atoms. The first-order valence-electron chi connectivity index (χ1n) is 6.14. The van der Waals surface area contributed by atoms with Gasteiger partial charge in [-0.05, 0) is 49.4 Å². The van der Waals surface area contributed by atoms with Crippen LogP contribution >= 0.6 is 35.0 Å².